The maximum absolute atomic E-state index is 10.6. The molecule has 3 atom stereocenters. The number of hydrogen-bond donors (Lipinski definition) is 5. The minimum atomic E-state index is -1.40. The number of fused-ring (bicyclic) bond motifs is 1. The number of phenolic OH excluding ortho intramolecular Hbond substituents is 3. The zero-order valence-corrected chi connectivity index (χ0v) is 14.5. The average molecular weight is 358 g/mol. The van der Waals surface area contributed by atoms with E-state index in [0.29, 0.717) is 17.6 Å². The van der Waals surface area contributed by atoms with Crippen molar-refractivity contribution in [1.82, 2.24) is 0 Å². The second-order valence-corrected chi connectivity index (χ2v) is 6.26. The van der Waals surface area contributed by atoms with E-state index in [2.05, 4.69) is 0 Å². The highest BCUT2D eigenvalue weighted by atomic mass is 16.5. The lowest BCUT2D eigenvalue weighted by Gasteiger charge is -2.35. The topological polar surface area (TPSA) is 110 Å². The van der Waals surface area contributed by atoms with Crippen molar-refractivity contribution in [1.29, 1.82) is 0 Å². The number of benzene rings is 2. The molecule has 26 heavy (non-hydrogen) atoms. The van der Waals surface area contributed by atoms with Crippen LogP contribution in [0.3, 0.4) is 0 Å². The van der Waals surface area contributed by atoms with Crippen molar-refractivity contribution in [2.45, 2.75) is 38.6 Å². The molecule has 0 unspecified atom stereocenters. The third kappa shape index (κ3) is 2.87. The SMILES string of the molecule is CC=C(CC)c1c(O)cc2c(c1O)[C@H](O)[C@H](O)[C@@H](c1ccc(O)cc1)O2. The summed E-state index contributed by atoms with van der Waals surface area (Å²) in [5.74, 6) is -0.292. The molecular weight excluding hydrogens is 336 g/mol. The quantitative estimate of drug-likeness (QED) is 0.576. The molecule has 0 fully saturated rings. The van der Waals surface area contributed by atoms with E-state index in [0.717, 1.165) is 0 Å². The zero-order chi connectivity index (χ0) is 19.0. The Morgan fingerprint density at radius 1 is 1.12 bits per heavy atom. The number of aliphatic hydroxyl groups is 2. The summed E-state index contributed by atoms with van der Waals surface area (Å²) in [7, 11) is 0. The van der Waals surface area contributed by atoms with Crippen molar-refractivity contribution in [3.8, 4) is 23.0 Å². The first kappa shape index (κ1) is 18.1. The molecule has 1 aliphatic rings. The second-order valence-electron chi connectivity index (χ2n) is 6.26. The van der Waals surface area contributed by atoms with E-state index in [-0.39, 0.29) is 34.1 Å². The number of phenols is 3. The van der Waals surface area contributed by atoms with Crippen molar-refractivity contribution in [2.75, 3.05) is 0 Å². The summed E-state index contributed by atoms with van der Waals surface area (Å²) in [6.07, 6.45) is -1.29. The zero-order valence-electron chi connectivity index (χ0n) is 14.5. The minimum Gasteiger partial charge on any atom is -0.508 e. The molecule has 2 aromatic carbocycles. The molecular formula is C20H22O6. The lowest BCUT2D eigenvalue weighted by Crippen LogP contribution is -2.34. The van der Waals surface area contributed by atoms with Gasteiger partial charge in [0.05, 0.1) is 11.1 Å². The highest BCUT2D eigenvalue weighted by Crippen LogP contribution is 2.50. The van der Waals surface area contributed by atoms with Crippen molar-refractivity contribution >= 4 is 5.57 Å². The van der Waals surface area contributed by atoms with E-state index >= 15 is 0 Å². The van der Waals surface area contributed by atoms with Gasteiger partial charge in [0, 0.05) is 6.07 Å². The largest absolute Gasteiger partial charge is 0.508 e. The molecule has 0 aromatic heterocycles. The average Bonchev–Trinajstić information content (AvgIpc) is 2.62. The fourth-order valence-electron chi connectivity index (χ4n) is 3.34. The molecule has 1 heterocycles. The summed E-state index contributed by atoms with van der Waals surface area (Å²) in [6, 6.07) is 7.38. The summed E-state index contributed by atoms with van der Waals surface area (Å²) in [4.78, 5) is 0. The molecule has 1 aliphatic heterocycles. The fraction of sp³-hybridized carbons (Fsp3) is 0.300. The van der Waals surface area contributed by atoms with Crippen LogP contribution in [0.25, 0.3) is 5.57 Å². The molecule has 0 aliphatic carbocycles. The summed E-state index contributed by atoms with van der Waals surface area (Å²) in [5.41, 5.74) is 1.54. The molecule has 2 aromatic rings. The van der Waals surface area contributed by atoms with Crippen molar-refractivity contribution in [3.63, 3.8) is 0 Å². The first-order chi connectivity index (χ1) is 12.4. The van der Waals surface area contributed by atoms with Gasteiger partial charge in [-0.15, -0.1) is 0 Å². The van der Waals surface area contributed by atoms with Crippen molar-refractivity contribution in [3.05, 3.63) is 53.1 Å². The van der Waals surface area contributed by atoms with Gasteiger partial charge in [0.1, 0.15) is 35.2 Å². The standard InChI is InChI=1S/C20H22O6/c1-3-10(4-2)15-13(22)9-14-16(17(15)23)18(24)19(25)20(26-14)11-5-7-12(21)8-6-11/h3,5-9,18-25H,4H2,1-2H3/t18-,19-,20+/m0/s1. The monoisotopic (exact) mass is 358 g/mol. The van der Waals surface area contributed by atoms with Gasteiger partial charge >= 0.3 is 0 Å². The van der Waals surface area contributed by atoms with Gasteiger partial charge in [-0.3, -0.25) is 0 Å². The Bertz CT molecular complexity index is 840. The minimum absolute atomic E-state index is 0.0492. The molecule has 3 rings (SSSR count). The van der Waals surface area contributed by atoms with Gasteiger partial charge in [-0.25, -0.2) is 0 Å². The number of ether oxygens (including phenoxy) is 1. The van der Waals surface area contributed by atoms with Crippen LogP contribution in [0.4, 0.5) is 0 Å². The van der Waals surface area contributed by atoms with E-state index in [1.54, 1.807) is 25.1 Å². The van der Waals surface area contributed by atoms with Crippen molar-refractivity contribution in [2.24, 2.45) is 0 Å². The van der Waals surface area contributed by atoms with Gasteiger partial charge in [0.25, 0.3) is 0 Å². The van der Waals surface area contributed by atoms with Crippen LogP contribution < -0.4 is 4.74 Å². The lowest BCUT2D eigenvalue weighted by atomic mass is 9.88. The molecule has 0 saturated heterocycles. The molecule has 6 nitrogen and oxygen atoms in total. The summed E-state index contributed by atoms with van der Waals surface area (Å²) in [5, 5.41) is 51.5. The molecule has 0 spiro atoms. The predicted octanol–water partition coefficient (Wildman–Crippen LogP) is 3.14. The summed E-state index contributed by atoms with van der Waals surface area (Å²) < 4.78 is 5.77. The van der Waals surface area contributed by atoms with Crippen LogP contribution >= 0.6 is 0 Å². The highest BCUT2D eigenvalue weighted by molar-refractivity contribution is 5.78. The van der Waals surface area contributed by atoms with E-state index in [1.165, 1.54) is 18.2 Å². The molecule has 0 radical (unpaired) electrons. The van der Waals surface area contributed by atoms with E-state index in [4.69, 9.17) is 4.74 Å². The Morgan fingerprint density at radius 3 is 2.35 bits per heavy atom. The molecule has 0 saturated carbocycles. The third-order valence-electron chi connectivity index (χ3n) is 4.74. The molecule has 6 heteroatoms. The van der Waals surface area contributed by atoms with Gasteiger partial charge in [-0.1, -0.05) is 25.1 Å². The Balaban J connectivity index is 2.10. The molecule has 138 valence electrons. The van der Waals surface area contributed by atoms with Crippen molar-refractivity contribution < 1.29 is 30.3 Å². The smallest absolute Gasteiger partial charge is 0.152 e. The highest BCUT2D eigenvalue weighted by Gasteiger charge is 2.40. The Morgan fingerprint density at radius 2 is 1.77 bits per heavy atom. The first-order valence-corrected chi connectivity index (χ1v) is 8.45. The van der Waals surface area contributed by atoms with Gasteiger partial charge in [0.2, 0.25) is 0 Å². The number of hydrogen-bond acceptors (Lipinski definition) is 6. The van der Waals surface area contributed by atoms with Crippen LogP contribution in [-0.4, -0.2) is 31.6 Å². The molecule has 0 amide bonds. The van der Waals surface area contributed by atoms with Gasteiger partial charge in [-0.2, -0.15) is 0 Å². The Kier molecular flexibility index (Phi) is 4.80. The summed E-state index contributed by atoms with van der Waals surface area (Å²) >= 11 is 0. The summed E-state index contributed by atoms with van der Waals surface area (Å²) in [6.45, 7) is 3.68. The predicted molar refractivity (Wildman–Crippen MR) is 96.2 cm³/mol. The van der Waals surface area contributed by atoms with E-state index in [9.17, 15) is 25.5 Å². The second kappa shape index (κ2) is 6.90. The lowest BCUT2D eigenvalue weighted by molar-refractivity contribution is -0.0710. The van der Waals surface area contributed by atoms with Crippen LogP contribution in [0.2, 0.25) is 0 Å². The van der Waals surface area contributed by atoms with E-state index < -0.39 is 18.3 Å². The third-order valence-corrected chi connectivity index (χ3v) is 4.74. The molecule has 5 N–H and O–H groups in total. The van der Waals surface area contributed by atoms with Gasteiger partial charge in [-0.05, 0) is 36.6 Å². The maximum atomic E-state index is 10.6. The van der Waals surface area contributed by atoms with Crippen LogP contribution in [0.15, 0.2) is 36.4 Å². The van der Waals surface area contributed by atoms with Gasteiger partial charge < -0.3 is 30.3 Å². The van der Waals surface area contributed by atoms with E-state index in [1.807, 2.05) is 6.92 Å². The number of aliphatic hydroxyl groups excluding tert-OH is 2. The molecule has 0 bridgehead atoms. The van der Waals surface area contributed by atoms with Crippen LogP contribution in [0.5, 0.6) is 23.0 Å². The van der Waals surface area contributed by atoms with Crippen LogP contribution in [0.1, 0.15) is 49.2 Å². The normalized spacial score (nSPS) is 22.6. The maximum Gasteiger partial charge on any atom is 0.152 e. The fourth-order valence-corrected chi connectivity index (χ4v) is 3.34. The first-order valence-electron chi connectivity index (χ1n) is 8.45. The number of allylic oxidation sites excluding steroid dienone is 2. The van der Waals surface area contributed by atoms with Crippen LogP contribution in [0, 0.1) is 0 Å². The number of rotatable bonds is 3. The van der Waals surface area contributed by atoms with Crippen LogP contribution in [-0.2, 0) is 0 Å². The van der Waals surface area contributed by atoms with Gasteiger partial charge in [0.15, 0.2) is 6.10 Å². The number of aromatic hydroxyl groups is 3. The Labute approximate surface area is 151 Å². The Hall–Kier alpha value is -2.70.